The Labute approximate surface area is 172 Å². The van der Waals surface area contributed by atoms with Crippen LogP contribution < -0.4 is 15.8 Å². The Balaban J connectivity index is 1.54. The highest BCUT2D eigenvalue weighted by atomic mass is 35.5. The van der Waals surface area contributed by atoms with E-state index in [2.05, 4.69) is 10.3 Å². The molecule has 3 aromatic rings. The van der Waals surface area contributed by atoms with Gasteiger partial charge in [0.25, 0.3) is 5.91 Å². The highest BCUT2D eigenvalue weighted by molar-refractivity contribution is 6.30. The molecule has 1 aliphatic carbocycles. The number of hydrogen-bond acceptors (Lipinski definition) is 4. The maximum atomic E-state index is 12.6. The van der Waals surface area contributed by atoms with Crippen LogP contribution in [0.3, 0.4) is 0 Å². The minimum atomic E-state index is -0.554. The van der Waals surface area contributed by atoms with Crippen LogP contribution in [0.5, 0.6) is 5.75 Å². The number of nitrogens with two attached hydrogens (primary N) is 1. The summed E-state index contributed by atoms with van der Waals surface area (Å²) in [5.74, 6) is -0.269. The lowest BCUT2D eigenvalue weighted by atomic mass is 10.1. The van der Waals surface area contributed by atoms with Crippen molar-refractivity contribution in [3.63, 3.8) is 0 Å². The topological polar surface area (TPSA) is 94.3 Å². The van der Waals surface area contributed by atoms with E-state index in [-0.39, 0.29) is 12.0 Å². The molecule has 0 radical (unpaired) electrons. The van der Waals surface area contributed by atoms with Crippen molar-refractivity contribution in [3.8, 4) is 5.75 Å². The third kappa shape index (κ3) is 4.07. The summed E-state index contributed by atoms with van der Waals surface area (Å²) in [7, 11) is 0. The molecule has 1 aromatic heterocycles. The third-order valence-corrected chi connectivity index (χ3v) is 5.10. The molecule has 0 saturated heterocycles. The number of halogens is 1. The molecule has 6 nitrogen and oxygen atoms in total. The van der Waals surface area contributed by atoms with Gasteiger partial charge in [0, 0.05) is 22.5 Å². The zero-order valence-electron chi connectivity index (χ0n) is 15.4. The number of anilines is 1. The van der Waals surface area contributed by atoms with Crippen molar-refractivity contribution in [2.75, 3.05) is 5.32 Å². The van der Waals surface area contributed by atoms with Gasteiger partial charge < -0.3 is 15.8 Å². The molecule has 2 aromatic carbocycles. The summed E-state index contributed by atoms with van der Waals surface area (Å²) < 4.78 is 6.05. The molecule has 29 heavy (non-hydrogen) atoms. The van der Waals surface area contributed by atoms with Crippen molar-refractivity contribution >= 4 is 29.1 Å². The molecule has 4 rings (SSSR count). The zero-order chi connectivity index (χ0) is 20.4. The molecule has 0 spiro atoms. The Morgan fingerprint density at radius 2 is 1.90 bits per heavy atom. The van der Waals surface area contributed by atoms with E-state index in [1.807, 2.05) is 18.2 Å². The number of aromatic nitrogens is 1. The number of benzene rings is 2. The van der Waals surface area contributed by atoms with Crippen molar-refractivity contribution in [2.45, 2.75) is 18.9 Å². The first-order valence-electron chi connectivity index (χ1n) is 9.11. The molecular weight excluding hydrogens is 390 g/mol. The van der Waals surface area contributed by atoms with Gasteiger partial charge in [-0.2, -0.15) is 0 Å². The smallest absolute Gasteiger partial charge is 0.255 e. The Bertz CT molecular complexity index is 1080. The minimum absolute atomic E-state index is 0.192. The summed E-state index contributed by atoms with van der Waals surface area (Å²) in [6, 6.07) is 14.1. The van der Waals surface area contributed by atoms with Crippen molar-refractivity contribution in [1.82, 2.24) is 4.98 Å². The van der Waals surface area contributed by atoms with E-state index in [9.17, 15) is 9.59 Å². The summed E-state index contributed by atoms with van der Waals surface area (Å²) in [6.45, 7) is 0. The molecule has 0 bridgehead atoms. The van der Waals surface area contributed by atoms with Gasteiger partial charge in [0.2, 0.25) is 5.91 Å². The lowest BCUT2D eigenvalue weighted by Crippen LogP contribution is -2.13. The second kappa shape index (κ2) is 7.93. The number of ether oxygens (including phenoxy) is 1. The maximum Gasteiger partial charge on any atom is 0.255 e. The van der Waals surface area contributed by atoms with Crippen LogP contribution in [0.25, 0.3) is 0 Å². The third-order valence-electron chi connectivity index (χ3n) is 4.85. The molecule has 146 valence electrons. The summed E-state index contributed by atoms with van der Waals surface area (Å²) in [5.41, 5.74) is 8.94. The fourth-order valence-corrected chi connectivity index (χ4v) is 3.56. The molecule has 0 fully saturated rings. The van der Waals surface area contributed by atoms with Gasteiger partial charge in [0.1, 0.15) is 11.9 Å². The predicted molar refractivity (Wildman–Crippen MR) is 110 cm³/mol. The predicted octanol–water partition coefficient (Wildman–Crippen LogP) is 4.15. The number of carbonyl (C=O) groups is 2. The van der Waals surface area contributed by atoms with Crippen LogP contribution in [0.15, 0.2) is 60.9 Å². The molecule has 0 saturated carbocycles. The van der Waals surface area contributed by atoms with Gasteiger partial charge in [-0.25, -0.2) is 0 Å². The average Bonchev–Trinajstić information content (AvgIpc) is 3.12. The number of pyridine rings is 1. The molecule has 0 aliphatic heterocycles. The number of nitrogens with zero attached hydrogens (tertiary/aromatic N) is 1. The van der Waals surface area contributed by atoms with E-state index in [1.54, 1.807) is 36.5 Å². The maximum absolute atomic E-state index is 12.6. The van der Waals surface area contributed by atoms with Gasteiger partial charge in [0.15, 0.2) is 0 Å². The Hall–Kier alpha value is -3.38. The van der Waals surface area contributed by atoms with Crippen molar-refractivity contribution in [2.24, 2.45) is 5.73 Å². The zero-order valence-corrected chi connectivity index (χ0v) is 16.1. The number of nitrogens with one attached hydrogen (secondary N) is 1. The fourth-order valence-electron chi connectivity index (χ4n) is 3.43. The summed E-state index contributed by atoms with van der Waals surface area (Å²) in [6.07, 6.45) is 4.28. The van der Waals surface area contributed by atoms with Gasteiger partial charge >= 0.3 is 0 Å². The largest absolute Gasteiger partial charge is 0.484 e. The SMILES string of the molecule is NC(=O)c1cncc(OC2CCc3c(NC(=O)c4ccc(Cl)cc4)cccc32)c1. The van der Waals surface area contributed by atoms with Crippen LogP contribution in [0.4, 0.5) is 5.69 Å². The summed E-state index contributed by atoms with van der Waals surface area (Å²) in [5, 5.41) is 3.56. The van der Waals surface area contributed by atoms with Gasteiger partial charge in [-0.15, -0.1) is 0 Å². The lowest BCUT2D eigenvalue weighted by molar-refractivity contribution is 0.0996. The Morgan fingerprint density at radius 1 is 1.10 bits per heavy atom. The normalized spacial score (nSPS) is 14.9. The summed E-state index contributed by atoms with van der Waals surface area (Å²) in [4.78, 5) is 27.9. The van der Waals surface area contributed by atoms with Crippen molar-refractivity contribution < 1.29 is 14.3 Å². The van der Waals surface area contributed by atoms with Crippen LogP contribution in [0, 0.1) is 0 Å². The second-order valence-electron chi connectivity index (χ2n) is 6.75. The highest BCUT2D eigenvalue weighted by Crippen LogP contribution is 2.38. The number of amides is 2. The summed E-state index contributed by atoms with van der Waals surface area (Å²) >= 11 is 5.89. The van der Waals surface area contributed by atoms with Gasteiger partial charge in [-0.05, 0) is 60.4 Å². The Morgan fingerprint density at radius 3 is 2.66 bits per heavy atom. The molecule has 1 atom stereocenters. The molecule has 7 heteroatoms. The standard InChI is InChI=1S/C22H18ClN3O3/c23-15-6-4-13(5-7-15)22(28)26-19-3-1-2-18-17(19)8-9-20(18)29-16-10-14(21(24)27)11-25-12-16/h1-7,10-12,20H,8-9H2,(H2,24,27)(H,26,28). The monoisotopic (exact) mass is 407 g/mol. The second-order valence-corrected chi connectivity index (χ2v) is 7.19. The van der Waals surface area contributed by atoms with Crippen LogP contribution in [0.1, 0.15) is 44.4 Å². The molecule has 1 aliphatic rings. The molecule has 1 heterocycles. The number of fused-ring (bicyclic) bond motifs is 1. The first-order valence-corrected chi connectivity index (χ1v) is 9.49. The minimum Gasteiger partial charge on any atom is -0.484 e. The van der Waals surface area contributed by atoms with Gasteiger partial charge in [-0.1, -0.05) is 23.7 Å². The van der Waals surface area contributed by atoms with E-state index in [1.165, 1.54) is 6.20 Å². The average molecular weight is 408 g/mol. The van der Waals surface area contributed by atoms with Crippen molar-refractivity contribution in [3.05, 3.63) is 88.2 Å². The quantitative estimate of drug-likeness (QED) is 0.664. The van der Waals surface area contributed by atoms with Crippen LogP contribution in [0.2, 0.25) is 5.02 Å². The molecular formula is C22H18ClN3O3. The Kier molecular flexibility index (Phi) is 5.18. The van der Waals surface area contributed by atoms with Crippen LogP contribution >= 0.6 is 11.6 Å². The first kappa shape index (κ1) is 19.0. The van der Waals surface area contributed by atoms with E-state index in [4.69, 9.17) is 22.1 Å². The van der Waals surface area contributed by atoms with Gasteiger partial charge in [0.05, 0.1) is 11.8 Å². The van der Waals surface area contributed by atoms with E-state index < -0.39 is 5.91 Å². The molecule has 1 unspecified atom stereocenters. The van der Waals surface area contributed by atoms with E-state index in [0.717, 1.165) is 29.7 Å². The van der Waals surface area contributed by atoms with Crippen LogP contribution in [-0.2, 0) is 6.42 Å². The van der Waals surface area contributed by atoms with E-state index >= 15 is 0 Å². The lowest BCUT2D eigenvalue weighted by Gasteiger charge is -2.16. The first-order chi connectivity index (χ1) is 14.0. The van der Waals surface area contributed by atoms with Crippen LogP contribution in [-0.4, -0.2) is 16.8 Å². The molecule has 3 N–H and O–H groups in total. The number of carbonyl (C=O) groups excluding carboxylic acids is 2. The van der Waals surface area contributed by atoms with Gasteiger partial charge in [-0.3, -0.25) is 14.6 Å². The fraction of sp³-hybridized carbons (Fsp3) is 0.136. The number of hydrogen-bond donors (Lipinski definition) is 2. The number of primary amides is 1. The molecule has 2 amide bonds. The number of rotatable bonds is 5. The highest BCUT2D eigenvalue weighted by Gasteiger charge is 2.27. The van der Waals surface area contributed by atoms with E-state index in [0.29, 0.717) is 21.9 Å². The van der Waals surface area contributed by atoms with Crippen molar-refractivity contribution in [1.29, 1.82) is 0 Å².